The molecular formula is C17H19F2N. The first-order chi connectivity index (χ1) is 9.70. The lowest BCUT2D eigenvalue weighted by molar-refractivity contribution is 0.514. The Morgan fingerprint density at radius 1 is 1.00 bits per heavy atom. The van der Waals surface area contributed by atoms with E-state index in [9.17, 15) is 8.78 Å². The molecule has 2 aromatic rings. The molecule has 0 spiro atoms. The second-order valence-corrected chi connectivity index (χ2v) is 4.81. The third-order valence-corrected chi connectivity index (χ3v) is 3.42. The van der Waals surface area contributed by atoms with Crippen molar-refractivity contribution in [1.29, 1.82) is 0 Å². The molecule has 0 fully saturated rings. The van der Waals surface area contributed by atoms with E-state index in [-0.39, 0.29) is 17.7 Å². The molecule has 1 atom stereocenters. The van der Waals surface area contributed by atoms with Gasteiger partial charge in [-0.15, -0.1) is 0 Å². The smallest absolute Gasteiger partial charge is 0.126 e. The number of hydrogen-bond acceptors (Lipinski definition) is 1. The number of hydrogen-bond donors (Lipinski definition) is 1. The fourth-order valence-electron chi connectivity index (χ4n) is 2.28. The van der Waals surface area contributed by atoms with Gasteiger partial charge in [0.15, 0.2) is 0 Å². The van der Waals surface area contributed by atoms with Gasteiger partial charge in [-0.25, -0.2) is 8.78 Å². The molecule has 0 aliphatic rings. The topological polar surface area (TPSA) is 12.0 Å². The Bertz CT molecular complexity index is 537. The summed E-state index contributed by atoms with van der Waals surface area (Å²) in [6.07, 6.45) is 1.55. The molecule has 0 bridgehead atoms. The largest absolute Gasteiger partial charge is 0.310 e. The van der Waals surface area contributed by atoms with Crippen LogP contribution in [0.15, 0.2) is 48.5 Å². The molecule has 2 aromatic carbocycles. The van der Waals surface area contributed by atoms with E-state index in [1.165, 1.54) is 18.2 Å². The van der Waals surface area contributed by atoms with Crippen LogP contribution in [0.5, 0.6) is 0 Å². The predicted molar refractivity (Wildman–Crippen MR) is 77.5 cm³/mol. The van der Waals surface area contributed by atoms with Crippen LogP contribution in [0.2, 0.25) is 0 Å². The number of nitrogens with one attached hydrogen (secondary N) is 1. The van der Waals surface area contributed by atoms with Gasteiger partial charge < -0.3 is 5.32 Å². The lowest BCUT2D eigenvalue weighted by atomic mass is 10.0. The summed E-state index contributed by atoms with van der Waals surface area (Å²) in [6.45, 7) is 2.76. The SMILES string of the molecule is CC[C@@H](NCCc1ccccc1F)c1ccc(F)cc1. The van der Waals surface area contributed by atoms with Gasteiger partial charge >= 0.3 is 0 Å². The van der Waals surface area contributed by atoms with Gasteiger partial charge in [-0.2, -0.15) is 0 Å². The second kappa shape index (κ2) is 7.15. The van der Waals surface area contributed by atoms with Crippen LogP contribution in [-0.2, 0) is 6.42 Å². The van der Waals surface area contributed by atoms with Gasteiger partial charge in [0.2, 0.25) is 0 Å². The van der Waals surface area contributed by atoms with E-state index in [1.54, 1.807) is 24.3 Å². The first kappa shape index (κ1) is 14.7. The van der Waals surface area contributed by atoms with Crippen LogP contribution >= 0.6 is 0 Å². The van der Waals surface area contributed by atoms with Gasteiger partial charge in [0.1, 0.15) is 11.6 Å². The molecule has 0 aliphatic heterocycles. The highest BCUT2D eigenvalue weighted by molar-refractivity contribution is 5.20. The van der Waals surface area contributed by atoms with Crippen LogP contribution in [0.25, 0.3) is 0 Å². The van der Waals surface area contributed by atoms with Crippen molar-refractivity contribution < 1.29 is 8.78 Å². The molecule has 0 aromatic heterocycles. The van der Waals surface area contributed by atoms with Crippen molar-refractivity contribution in [2.45, 2.75) is 25.8 Å². The van der Waals surface area contributed by atoms with Gasteiger partial charge in [0, 0.05) is 6.04 Å². The molecule has 106 valence electrons. The van der Waals surface area contributed by atoms with Crippen molar-refractivity contribution in [2.75, 3.05) is 6.54 Å². The molecule has 2 rings (SSSR count). The number of rotatable bonds is 6. The molecule has 1 N–H and O–H groups in total. The van der Waals surface area contributed by atoms with Crippen LogP contribution in [0, 0.1) is 11.6 Å². The summed E-state index contributed by atoms with van der Waals surface area (Å²) in [5, 5.41) is 3.39. The molecule has 0 heterocycles. The van der Waals surface area contributed by atoms with Crippen LogP contribution < -0.4 is 5.32 Å². The minimum atomic E-state index is -0.227. The van der Waals surface area contributed by atoms with E-state index in [0.29, 0.717) is 18.5 Å². The van der Waals surface area contributed by atoms with Crippen molar-refractivity contribution in [1.82, 2.24) is 5.32 Å². The lowest BCUT2D eigenvalue weighted by Crippen LogP contribution is -2.23. The minimum Gasteiger partial charge on any atom is -0.310 e. The first-order valence-electron chi connectivity index (χ1n) is 6.93. The summed E-state index contributed by atoms with van der Waals surface area (Å²) >= 11 is 0. The Labute approximate surface area is 118 Å². The summed E-state index contributed by atoms with van der Waals surface area (Å²) in [4.78, 5) is 0. The number of benzene rings is 2. The third kappa shape index (κ3) is 3.87. The summed E-state index contributed by atoms with van der Waals surface area (Å²) in [7, 11) is 0. The zero-order valence-corrected chi connectivity index (χ0v) is 11.6. The van der Waals surface area contributed by atoms with Crippen LogP contribution in [0.3, 0.4) is 0 Å². The Morgan fingerprint density at radius 2 is 1.70 bits per heavy atom. The van der Waals surface area contributed by atoms with E-state index < -0.39 is 0 Å². The quantitative estimate of drug-likeness (QED) is 0.831. The maximum Gasteiger partial charge on any atom is 0.126 e. The molecule has 0 unspecified atom stereocenters. The maximum atomic E-state index is 13.5. The fourth-order valence-corrected chi connectivity index (χ4v) is 2.28. The zero-order chi connectivity index (χ0) is 14.4. The predicted octanol–water partition coefficient (Wildman–Crippen LogP) is 4.25. The zero-order valence-electron chi connectivity index (χ0n) is 11.6. The molecule has 0 saturated carbocycles. The number of halogens is 2. The van der Waals surface area contributed by atoms with Crippen molar-refractivity contribution in [3.05, 3.63) is 71.3 Å². The molecule has 0 radical (unpaired) electrons. The molecule has 0 aliphatic carbocycles. The third-order valence-electron chi connectivity index (χ3n) is 3.42. The van der Waals surface area contributed by atoms with Crippen molar-refractivity contribution >= 4 is 0 Å². The van der Waals surface area contributed by atoms with Gasteiger partial charge in [-0.05, 0) is 48.7 Å². The van der Waals surface area contributed by atoms with Crippen LogP contribution in [-0.4, -0.2) is 6.54 Å². The fraction of sp³-hybridized carbons (Fsp3) is 0.294. The van der Waals surface area contributed by atoms with Gasteiger partial charge in [0.05, 0.1) is 0 Å². The highest BCUT2D eigenvalue weighted by Gasteiger charge is 2.09. The summed E-state index contributed by atoms with van der Waals surface area (Å²) < 4.78 is 26.4. The van der Waals surface area contributed by atoms with Crippen molar-refractivity contribution in [3.63, 3.8) is 0 Å². The highest BCUT2D eigenvalue weighted by atomic mass is 19.1. The van der Waals surface area contributed by atoms with Gasteiger partial charge in [0.25, 0.3) is 0 Å². The van der Waals surface area contributed by atoms with Crippen LogP contribution in [0.4, 0.5) is 8.78 Å². The first-order valence-corrected chi connectivity index (χ1v) is 6.93. The normalized spacial score (nSPS) is 12.3. The Morgan fingerprint density at radius 3 is 2.35 bits per heavy atom. The monoisotopic (exact) mass is 275 g/mol. The average molecular weight is 275 g/mol. The summed E-state index contributed by atoms with van der Waals surface area (Å²) in [6, 6.07) is 13.5. The van der Waals surface area contributed by atoms with E-state index in [1.807, 2.05) is 6.07 Å². The minimum absolute atomic E-state index is 0.163. The average Bonchev–Trinajstić information content (AvgIpc) is 2.47. The molecular weight excluding hydrogens is 256 g/mol. The Hall–Kier alpha value is -1.74. The molecule has 1 nitrogen and oxygen atoms in total. The highest BCUT2D eigenvalue weighted by Crippen LogP contribution is 2.17. The molecule has 0 amide bonds. The maximum absolute atomic E-state index is 13.5. The Kier molecular flexibility index (Phi) is 5.24. The van der Waals surface area contributed by atoms with E-state index in [2.05, 4.69) is 12.2 Å². The van der Waals surface area contributed by atoms with E-state index in [4.69, 9.17) is 0 Å². The molecule has 0 saturated heterocycles. The van der Waals surface area contributed by atoms with Gasteiger partial charge in [-0.3, -0.25) is 0 Å². The van der Waals surface area contributed by atoms with Crippen LogP contribution in [0.1, 0.15) is 30.5 Å². The van der Waals surface area contributed by atoms with E-state index >= 15 is 0 Å². The lowest BCUT2D eigenvalue weighted by Gasteiger charge is -2.17. The van der Waals surface area contributed by atoms with E-state index in [0.717, 1.165) is 12.0 Å². The second-order valence-electron chi connectivity index (χ2n) is 4.81. The Balaban J connectivity index is 1.91. The van der Waals surface area contributed by atoms with Crippen molar-refractivity contribution in [3.8, 4) is 0 Å². The van der Waals surface area contributed by atoms with Gasteiger partial charge in [-0.1, -0.05) is 37.3 Å². The molecule has 3 heteroatoms. The summed E-state index contributed by atoms with van der Waals surface area (Å²) in [5.41, 5.74) is 1.77. The molecule has 20 heavy (non-hydrogen) atoms. The standard InChI is InChI=1S/C17H19F2N/c1-2-17(14-7-9-15(18)10-8-14)20-12-11-13-5-3-4-6-16(13)19/h3-10,17,20H,2,11-12H2,1H3/t17-/m1/s1. The summed E-state index contributed by atoms with van der Waals surface area (Å²) in [5.74, 6) is -0.390. The van der Waals surface area contributed by atoms with Crippen molar-refractivity contribution in [2.24, 2.45) is 0 Å².